The van der Waals surface area contributed by atoms with Gasteiger partial charge >= 0.3 is 6.18 Å². The first-order chi connectivity index (χ1) is 12.4. The standard InChI is InChI=1S/C16H11F3N4O2S/c17-16(18,19)12-2-1-7-20-14(12)25-11-5-3-10(4-6-11)8-21-23-15-22-13(24)9-26-15/h1-8H,9H2,(H,22,23,24). The lowest BCUT2D eigenvalue weighted by atomic mass is 10.2. The average molecular weight is 380 g/mol. The van der Waals surface area contributed by atoms with E-state index in [0.717, 1.165) is 6.07 Å². The molecule has 1 aromatic heterocycles. The number of carbonyl (C=O) groups is 1. The SMILES string of the molecule is O=C1CSC(=NN=Cc2ccc(Oc3ncccc3C(F)(F)F)cc2)N1. The van der Waals surface area contributed by atoms with Crippen LogP contribution in [-0.4, -0.2) is 28.0 Å². The van der Waals surface area contributed by atoms with E-state index in [1.54, 1.807) is 12.1 Å². The summed E-state index contributed by atoms with van der Waals surface area (Å²) in [7, 11) is 0. The summed E-state index contributed by atoms with van der Waals surface area (Å²) in [5.41, 5.74) is -0.286. The highest BCUT2D eigenvalue weighted by atomic mass is 32.2. The molecule has 1 N–H and O–H groups in total. The van der Waals surface area contributed by atoms with Gasteiger partial charge in [0.25, 0.3) is 0 Å². The largest absolute Gasteiger partial charge is 0.438 e. The number of alkyl halides is 3. The molecule has 10 heteroatoms. The number of pyridine rings is 1. The summed E-state index contributed by atoms with van der Waals surface area (Å²) >= 11 is 1.25. The molecule has 1 saturated heterocycles. The maximum absolute atomic E-state index is 12.9. The summed E-state index contributed by atoms with van der Waals surface area (Å²) in [6, 6.07) is 8.31. The van der Waals surface area contributed by atoms with Crippen molar-refractivity contribution in [2.75, 3.05) is 5.75 Å². The molecule has 1 aliphatic heterocycles. The van der Waals surface area contributed by atoms with Crippen LogP contribution in [0.4, 0.5) is 13.2 Å². The van der Waals surface area contributed by atoms with Crippen molar-refractivity contribution < 1.29 is 22.7 Å². The van der Waals surface area contributed by atoms with Crippen LogP contribution in [0.5, 0.6) is 11.6 Å². The molecule has 1 amide bonds. The quantitative estimate of drug-likeness (QED) is 0.651. The van der Waals surface area contributed by atoms with Gasteiger partial charge in [-0.25, -0.2) is 4.98 Å². The van der Waals surface area contributed by atoms with Crippen LogP contribution in [0.15, 0.2) is 52.8 Å². The molecule has 0 atom stereocenters. The van der Waals surface area contributed by atoms with Crippen LogP contribution in [-0.2, 0) is 11.0 Å². The van der Waals surface area contributed by atoms with Crippen molar-refractivity contribution in [3.05, 3.63) is 53.7 Å². The van der Waals surface area contributed by atoms with Crippen LogP contribution in [0.3, 0.4) is 0 Å². The molecular weight excluding hydrogens is 369 g/mol. The zero-order chi connectivity index (χ0) is 18.6. The molecule has 134 valence electrons. The molecule has 6 nitrogen and oxygen atoms in total. The number of rotatable bonds is 4. The lowest BCUT2D eigenvalue weighted by Gasteiger charge is -2.12. The maximum atomic E-state index is 12.9. The van der Waals surface area contributed by atoms with Crippen molar-refractivity contribution in [3.8, 4) is 11.6 Å². The van der Waals surface area contributed by atoms with E-state index >= 15 is 0 Å². The molecular formula is C16H11F3N4O2S. The highest BCUT2D eigenvalue weighted by molar-refractivity contribution is 8.15. The van der Waals surface area contributed by atoms with Crippen LogP contribution in [0.2, 0.25) is 0 Å². The molecule has 2 heterocycles. The Kier molecular flexibility index (Phi) is 5.21. The topological polar surface area (TPSA) is 75.9 Å². The molecule has 2 aromatic rings. The Morgan fingerprint density at radius 3 is 2.65 bits per heavy atom. The van der Waals surface area contributed by atoms with E-state index in [1.165, 1.54) is 42.4 Å². The number of thioether (sulfide) groups is 1. The van der Waals surface area contributed by atoms with Gasteiger partial charge in [-0.05, 0) is 42.0 Å². The first kappa shape index (κ1) is 17.9. The molecule has 0 saturated carbocycles. The molecule has 3 rings (SSSR count). The zero-order valence-electron chi connectivity index (χ0n) is 13.0. The van der Waals surface area contributed by atoms with Crippen LogP contribution in [0.25, 0.3) is 0 Å². The van der Waals surface area contributed by atoms with Gasteiger partial charge in [0.2, 0.25) is 11.8 Å². The van der Waals surface area contributed by atoms with E-state index in [-0.39, 0.29) is 11.7 Å². The lowest BCUT2D eigenvalue weighted by molar-refractivity contribution is -0.138. The van der Waals surface area contributed by atoms with E-state index in [0.29, 0.717) is 16.5 Å². The fourth-order valence-corrected chi connectivity index (χ4v) is 2.58. The van der Waals surface area contributed by atoms with E-state index in [9.17, 15) is 18.0 Å². The van der Waals surface area contributed by atoms with E-state index in [2.05, 4.69) is 20.5 Å². The first-order valence-corrected chi connectivity index (χ1v) is 8.24. The van der Waals surface area contributed by atoms with Gasteiger partial charge in [0, 0.05) is 6.20 Å². The molecule has 0 bridgehead atoms. The van der Waals surface area contributed by atoms with Crippen molar-refractivity contribution in [1.29, 1.82) is 0 Å². The Balaban J connectivity index is 1.68. The number of nitrogens with zero attached hydrogens (tertiary/aromatic N) is 3. The number of halogens is 3. The zero-order valence-corrected chi connectivity index (χ0v) is 13.8. The number of hydrogen-bond donors (Lipinski definition) is 1. The molecule has 1 fully saturated rings. The van der Waals surface area contributed by atoms with Gasteiger partial charge < -0.3 is 10.1 Å². The number of carbonyl (C=O) groups excluding carboxylic acids is 1. The summed E-state index contributed by atoms with van der Waals surface area (Å²) in [6.45, 7) is 0. The highest BCUT2D eigenvalue weighted by Crippen LogP contribution is 2.36. The third-order valence-electron chi connectivity index (χ3n) is 3.11. The Labute approximate surface area is 150 Å². The Morgan fingerprint density at radius 2 is 2.00 bits per heavy atom. The summed E-state index contributed by atoms with van der Waals surface area (Å²) in [5.74, 6) is -0.121. The number of ether oxygens (including phenoxy) is 1. The minimum atomic E-state index is -4.55. The highest BCUT2D eigenvalue weighted by Gasteiger charge is 2.35. The van der Waals surface area contributed by atoms with E-state index in [4.69, 9.17) is 4.74 Å². The van der Waals surface area contributed by atoms with Gasteiger partial charge in [0.05, 0.1) is 12.0 Å². The number of nitrogens with one attached hydrogen (secondary N) is 1. The smallest absolute Gasteiger partial charge is 0.421 e. The molecule has 0 spiro atoms. The molecule has 1 aliphatic rings. The fourth-order valence-electron chi connectivity index (χ4n) is 1.95. The monoisotopic (exact) mass is 380 g/mol. The van der Waals surface area contributed by atoms with Crippen LogP contribution in [0.1, 0.15) is 11.1 Å². The normalized spacial score (nSPS) is 16.3. The van der Waals surface area contributed by atoms with Crippen LogP contribution in [0, 0.1) is 0 Å². The number of hydrogen-bond acceptors (Lipinski definition) is 6. The number of aromatic nitrogens is 1. The Bertz CT molecular complexity index is 867. The van der Waals surface area contributed by atoms with E-state index in [1.807, 2.05) is 0 Å². The van der Waals surface area contributed by atoms with Gasteiger partial charge in [0.15, 0.2) is 5.17 Å². The van der Waals surface area contributed by atoms with Gasteiger partial charge in [0.1, 0.15) is 11.3 Å². The van der Waals surface area contributed by atoms with Gasteiger partial charge in [-0.3, -0.25) is 4.79 Å². The van der Waals surface area contributed by atoms with Crippen molar-refractivity contribution in [3.63, 3.8) is 0 Å². The van der Waals surface area contributed by atoms with Gasteiger partial charge in [-0.1, -0.05) is 11.8 Å². The lowest BCUT2D eigenvalue weighted by Crippen LogP contribution is -2.19. The van der Waals surface area contributed by atoms with E-state index < -0.39 is 17.6 Å². The number of amidine groups is 1. The number of amides is 1. The van der Waals surface area contributed by atoms with Crippen molar-refractivity contribution in [1.82, 2.24) is 10.3 Å². The second kappa shape index (κ2) is 7.56. The number of benzene rings is 1. The molecule has 26 heavy (non-hydrogen) atoms. The van der Waals surface area contributed by atoms with Crippen LogP contribution >= 0.6 is 11.8 Å². The molecule has 0 unspecified atom stereocenters. The predicted molar refractivity (Wildman–Crippen MR) is 91.4 cm³/mol. The molecule has 0 radical (unpaired) electrons. The predicted octanol–water partition coefficient (Wildman–Crippen LogP) is 3.45. The fraction of sp³-hybridized carbons (Fsp3) is 0.125. The summed E-state index contributed by atoms with van der Waals surface area (Å²) in [6.07, 6.45) is -1.88. The van der Waals surface area contributed by atoms with Crippen molar-refractivity contribution in [2.45, 2.75) is 6.18 Å². The molecule has 0 aliphatic carbocycles. The average Bonchev–Trinajstić information content (AvgIpc) is 3.01. The maximum Gasteiger partial charge on any atom is 0.421 e. The summed E-state index contributed by atoms with van der Waals surface area (Å²) < 4.78 is 44.0. The van der Waals surface area contributed by atoms with Crippen molar-refractivity contribution >= 4 is 29.1 Å². The van der Waals surface area contributed by atoms with Gasteiger partial charge in [-0.2, -0.15) is 18.3 Å². The summed E-state index contributed by atoms with van der Waals surface area (Å²) in [4.78, 5) is 14.6. The Hall–Kier alpha value is -2.88. The first-order valence-electron chi connectivity index (χ1n) is 7.25. The Morgan fingerprint density at radius 1 is 1.23 bits per heavy atom. The summed E-state index contributed by atoms with van der Waals surface area (Å²) in [5, 5.41) is 10.6. The van der Waals surface area contributed by atoms with Gasteiger partial charge in [-0.15, -0.1) is 5.10 Å². The van der Waals surface area contributed by atoms with Crippen LogP contribution < -0.4 is 10.1 Å². The molecule has 1 aromatic carbocycles. The minimum Gasteiger partial charge on any atom is -0.438 e. The third-order valence-corrected chi connectivity index (χ3v) is 3.98. The second-order valence-corrected chi connectivity index (χ2v) is 5.98. The van der Waals surface area contributed by atoms with Crippen molar-refractivity contribution in [2.24, 2.45) is 10.2 Å². The minimum absolute atomic E-state index is 0.127. The second-order valence-electron chi connectivity index (χ2n) is 5.01. The third kappa shape index (κ3) is 4.60.